The van der Waals surface area contributed by atoms with Crippen LogP contribution in [0.15, 0.2) is 44.0 Å². The molecule has 5 heteroatoms. The Bertz CT molecular complexity index is 413. The van der Waals surface area contributed by atoms with E-state index in [0.29, 0.717) is 24.8 Å². The van der Waals surface area contributed by atoms with Gasteiger partial charge < -0.3 is 18.9 Å². The number of aromatic nitrogens is 1. The number of nitrogens with zero attached hydrogens (tertiary/aromatic N) is 1. The van der Waals surface area contributed by atoms with E-state index < -0.39 is 0 Å². The van der Waals surface area contributed by atoms with Crippen LogP contribution in [0.5, 0.6) is 11.6 Å². The molecule has 1 rings (SSSR count). The van der Waals surface area contributed by atoms with Gasteiger partial charge >= 0.3 is 0 Å². The van der Waals surface area contributed by atoms with Crippen LogP contribution in [-0.4, -0.2) is 30.4 Å². The fourth-order valence-electron chi connectivity index (χ4n) is 1.71. The van der Waals surface area contributed by atoms with Crippen molar-refractivity contribution in [3.05, 3.63) is 44.0 Å². The Hall–Kier alpha value is -2.17. The highest BCUT2D eigenvalue weighted by molar-refractivity contribution is 5.26. The van der Waals surface area contributed by atoms with Crippen LogP contribution in [0.2, 0.25) is 0 Å². The molecule has 2 atom stereocenters. The fraction of sp³-hybridized carbons (Fsp3) is 0.471. The number of hydrogen-bond acceptors (Lipinski definition) is 5. The van der Waals surface area contributed by atoms with Crippen molar-refractivity contribution in [3.8, 4) is 11.6 Å². The molecule has 0 aliphatic heterocycles. The Morgan fingerprint density at radius 2 is 1.64 bits per heavy atom. The second-order valence-electron chi connectivity index (χ2n) is 4.62. The molecule has 2 unspecified atom stereocenters. The van der Waals surface area contributed by atoms with Crippen molar-refractivity contribution in [1.82, 2.24) is 4.98 Å². The average molecular weight is 307 g/mol. The van der Waals surface area contributed by atoms with E-state index in [1.807, 2.05) is 13.8 Å². The standard InChI is InChI=1S/C17H25NO4/c1-5-14(19-7-3)12-21-16-9-10-18-17(11-16)22-13-15(6-2)20-8-4/h7-11,14-15H,3-6,12-13H2,1-2H3. The first-order chi connectivity index (χ1) is 10.7. The summed E-state index contributed by atoms with van der Waals surface area (Å²) in [6, 6.07) is 3.53. The van der Waals surface area contributed by atoms with Crippen molar-refractivity contribution in [3.63, 3.8) is 0 Å². The molecule has 0 saturated heterocycles. The lowest BCUT2D eigenvalue weighted by atomic mass is 10.3. The Labute approximate surface area is 132 Å². The van der Waals surface area contributed by atoms with Crippen LogP contribution >= 0.6 is 0 Å². The van der Waals surface area contributed by atoms with Gasteiger partial charge in [-0.3, -0.25) is 0 Å². The zero-order chi connectivity index (χ0) is 16.2. The Morgan fingerprint density at radius 1 is 1.05 bits per heavy atom. The van der Waals surface area contributed by atoms with Gasteiger partial charge in [-0.1, -0.05) is 27.0 Å². The van der Waals surface area contributed by atoms with Crippen LogP contribution in [0.1, 0.15) is 26.7 Å². The third kappa shape index (κ3) is 6.52. The normalized spacial score (nSPS) is 12.8. The van der Waals surface area contributed by atoms with E-state index in [2.05, 4.69) is 18.1 Å². The van der Waals surface area contributed by atoms with E-state index in [-0.39, 0.29) is 12.2 Å². The van der Waals surface area contributed by atoms with Gasteiger partial charge in [0.1, 0.15) is 31.2 Å². The van der Waals surface area contributed by atoms with Crippen LogP contribution in [0.25, 0.3) is 0 Å². The highest BCUT2D eigenvalue weighted by Gasteiger charge is 2.09. The second kappa shape index (κ2) is 10.5. The average Bonchev–Trinajstić information content (AvgIpc) is 2.55. The maximum atomic E-state index is 5.69. The van der Waals surface area contributed by atoms with E-state index in [0.717, 1.165) is 12.8 Å². The van der Waals surface area contributed by atoms with Crippen molar-refractivity contribution in [2.24, 2.45) is 0 Å². The summed E-state index contributed by atoms with van der Waals surface area (Å²) in [4.78, 5) is 4.16. The SMILES string of the molecule is C=COC(CC)COc1ccnc(OCC(CC)OC=C)c1. The summed E-state index contributed by atoms with van der Waals surface area (Å²) in [5.41, 5.74) is 0. The highest BCUT2D eigenvalue weighted by atomic mass is 16.5. The molecule has 0 fully saturated rings. The van der Waals surface area contributed by atoms with Crippen LogP contribution in [0.4, 0.5) is 0 Å². The number of pyridine rings is 1. The first kappa shape index (κ1) is 17.9. The van der Waals surface area contributed by atoms with Crippen molar-refractivity contribution in [1.29, 1.82) is 0 Å². The molecule has 0 radical (unpaired) electrons. The van der Waals surface area contributed by atoms with Crippen LogP contribution in [0.3, 0.4) is 0 Å². The van der Waals surface area contributed by atoms with Gasteiger partial charge in [-0.2, -0.15) is 0 Å². The predicted molar refractivity (Wildman–Crippen MR) is 85.9 cm³/mol. The van der Waals surface area contributed by atoms with Crippen molar-refractivity contribution < 1.29 is 18.9 Å². The zero-order valence-corrected chi connectivity index (χ0v) is 13.4. The summed E-state index contributed by atoms with van der Waals surface area (Å²) in [6.45, 7) is 12.0. The summed E-state index contributed by atoms with van der Waals surface area (Å²) >= 11 is 0. The first-order valence-electron chi connectivity index (χ1n) is 7.47. The molecule has 5 nitrogen and oxygen atoms in total. The van der Waals surface area contributed by atoms with E-state index >= 15 is 0 Å². The zero-order valence-electron chi connectivity index (χ0n) is 13.4. The highest BCUT2D eigenvalue weighted by Crippen LogP contribution is 2.18. The Kier molecular flexibility index (Phi) is 8.57. The lowest BCUT2D eigenvalue weighted by molar-refractivity contribution is 0.0813. The van der Waals surface area contributed by atoms with Crippen molar-refractivity contribution >= 4 is 0 Å². The minimum Gasteiger partial charge on any atom is -0.495 e. The molecule has 0 spiro atoms. The van der Waals surface area contributed by atoms with Gasteiger partial charge in [0, 0.05) is 12.3 Å². The molecule has 122 valence electrons. The predicted octanol–water partition coefficient (Wildman–Crippen LogP) is 3.72. The monoisotopic (exact) mass is 307 g/mol. The maximum Gasteiger partial charge on any atom is 0.217 e. The third-order valence-corrected chi connectivity index (χ3v) is 3.05. The number of hydrogen-bond donors (Lipinski definition) is 0. The van der Waals surface area contributed by atoms with Crippen LogP contribution < -0.4 is 9.47 Å². The van der Waals surface area contributed by atoms with E-state index in [9.17, 15) is 0 Å². The van der Waals surface area contributed by atoms with Gasteiger partial charge in [-0.15, -0.1) is 0 Å². The van der Waals surface area contributed by atoms with Gasteiger partial charge in [-0.25, -0.2) is 4.98 Å². The van der Waals surface area contributed by atoms with Crippen LogP contribution in [0, 0.1) is 0 Å². The molecule has 0 aliphatic rings. The van der Waals surface area contributed by atoms with Gasteiger partial charge in [0.2, 0.25) is 5.88 Å². The van der Waals surface area contributed by atoms with Crippen molar-refractivity contribution in [2.75, 3.05) is 13.2 Å². The molecule has 0 aliphatic carbocycles. The van der Waals surface area contributed by atoms with Crippen LogP contribution in [-0.2, 0) is 9.47 Å². The Morgan fingerprint density at radius 3 is 2.18 bits per heavy atom. The van der Waals surface area contributed by atoms with E-state index in [1.54, 1.807) is 18.3 Å². The van der Waals surface area contributed by atoms with Gasteiger partial charge in [0.05, 0.1) is 12.5 Å². The van der Waals surface area contributed by atoms with Gasteiger partial charge in [0.25, 0.3) is 0 Å². The molecule has 22 heavy (non-hydrogen) atoms. The molecule has 1 aromatic heterocycles. The fourth-order valence-corrected chi connectivity index (χ4v) is 1.71. The Balaban J connectivity index is 2.50. The molecular formula is C17H25NO4. The van der Waals surface area contributed by atoms with Gasteiger partial charge in [0.15, 0.2) is 0 Å². The minimum atomic E-state index is -0.0330. The molecule has 0 bridgehead atoms. The largest absolute Gasteiger partial charge is 0.495 e. The summed E-state index contributed by atoms with van der Waals surface area (Å²) in [5, 5.41) is 0. The molecular weight excluding hydrogens is 282 g/mol. The third-order valence-electron chi connectivity index (χ3n) is 3.05. The maximum absolute atomic E-state index is 5.69. The summed E-state index contributed by atoms with van der Waals surface area (Å²) in [6.07, 6.45) is 6.14. The second-order valence-corrected chi connectivity index (χ2v) is 4.62. The molecule has 0 N–H and O–H groups in total. The van der Waals surface area contributed by atoms with E-state index in [4.69, 9.17) is 18.9 Å². The number of ether oxygens (including phenoxy) is 4. The summed E-state index contributed by atoms with van der Waals surface area (Å²) in [7, 11) is 0. The van der Waals surface area contributed by atoms with Gasteiger partial charge in [-0.05, 0) is 18.9 Å². The molecule has 0 amide bonds. The summed E-state index contributed by atoms with van der Waals surface area (Å²) < 4.78 is 22.0. The minimum absolute atomic E-state index is 0.0134. The number of rotatable bonds is 12. The molecule has 1 heterocycles. The van der Waals surface area contributed by atoms with Crippen molar-refractivity contribution in [2.45, 2.75) is 38.9 Å². The smallest absolute Gasteiger partial charge is 0.217 e. The molecule has 0 saturated carbocycles. The first-order valence-corrected chi connectivity index (χ1v) is 7.47. The molecule has 1 aromatic rings. The van der Waals surface area contributed by atoms with E-state index in [1.165, 1.54) is 12.5 Å². The quantitative estimate of drug-likeness (QED) is 0.551. The lowest BCUT2D eigenvalue weighted by Crippen LogP contribution is -2.19. The summed E-state index contributed by atoms with van der Waals surface area (Å²) in [5.74, 6) is 1.19. The lowest BCUT2D eigenvalue weighted by Gasteiger charge is -2.17. The topological polar surface area (TPSA) is 49.8 Å². The molecule has 0 aromatic carbocycles.